The molecule has 1 aromatic carbocycles. The summed E-state index contributed by atoms with van der Waals surface area (Å²) >= 11 is 9.36. The molecule has 0 amide bonds. The van der Waals surface area contributed by atoms with Crippen LogP contribution in [0.4, 0.5) is 5.82 Å². The second-order valence-electron chi connectivity index (χ2n) is 3.83. The normalized spacial score (nSPS) is 10.3. The summed E-state index contributed by atoms with van der Waals surface area (Å²) in [5.74, 6) is 1.80. The van der Waals surface area contributed by atoms with Gasteiger partial charge in [0.05, 0.1) is 0 Å². The summed E-state index contributed by atoms with van der Waals surface area (Å²) < 4.78 is 6.39. The highest BCUT2D eigenvalue weighted by Gasteiger charge is 2.10. The Morgan fingerprint density at radius 1 is 1.37 bits per heavy atom. The van der Waals surface area contributed by atoms with Crippen LogP contribution in [-0.2, 0) is 0 Å². The minimum absolute atomic E-state index is 0.455. The zero-order chi connectivity index (χ0) is 13.7. The quantitative estimate of drug-likeness (QED) is 0.868. The summed E-state index contributed by atoms with van der Waals surface area (Å²) in [5.41, 5.74) is 0. The highest BCUT2D eigenvalue weighted by atomic mass is 79.9. The van der Waals surface area contributed by atoms with Crippen LogP contribution in [0.3, 0.4) is 0 Å². The standard InChI is InChI=1S/C13H13BrClN3O/c1-2-6-16-12-11(14)13(18-8-17-12)19-10-5-3-4-9(15)7-10/h3-5,7-8H,2,6H2,1H3,(H,16,17,18). The Balaban J connectivity index is 2.20. The molecular formula is C13H13BrClN3O. The van der Waals surface area contributed by atoms with Crippen LogP contribution in [0.5, 0.6) is 11.6 Å². The van der Waals surface area contributed by atoms with Crippen molar-refractivity contribution in [2.24, 2.45) is 0 Å². The molecule has 1 heterocycles. The van der Waals surface area contributed by atoms with E-state index in [2.05, 4.69) is 38.1 Å². The molecule has 2 aromatic rings. The third kappa shape index (κ3) is 3.81. The molecule has 4 nitrogen and oxygen atoms in total. The lowest BCUT2D eigenvalue weighted by Crippen LogP contribution is -2.04. The molecule has 1 aromatic heterocycles. The van der Waals surface area contributed by atoms with Gasteiger partial charge in [0.15, 0.2) is 0 Å². The first-order chi connectivity index (χ1) is 9.20. The van der Waals surface area contributed by atoms with Gasteiger partial charge in [-0.25, -0.2) is 9.97 Å². The third-order valence-electron chi connectivity index (χ3n) is 2.31. The Hall–Kier alpha value is -1.33. The summed E-state index contributed by atoms with van der Waals surface area (Å²) in [4.78, 5) is 8.27. The van der Waals surface area contributed by atoms with Gasteiger partial charge in [-0.15, -0.1) is 0 Å². The minimum Gasteiger partial charge on any atom is -0.438 e. The molecule has 0 spiro atoms. The van der Waals surface area contributed by atoms with Crippen molar-refractivity contribution >= 4 is 33.3 Å². The molecule has 0 atom stereocenters. The van der Waals surface area contributed by atoms with Gasteiger partial charge in [-0.3, -0.25) is 0 Å². The number of ether oxygens (including phenoxy) is 1. The number of hydrogen-bond donors (Lipinski definition) is 1. The molecule has 100 valence electrons. The fraction of sp³-hybridized carbons (Fsp3) is 0.231. The maximum absolute atomic E-state index is 5.91. The average molecular weight is 343 g/mol. The largest absolute Gasteiger partial charge is 0.438 e. The highest BCUT2D eigenvalue weighted by molar-refractivity contribution is 9.10. The van der Waals surface area contributed by atoms with Gasteiger partial charge in [-0.2, -0.15) is 0 Å². The number of nitrogens with zero attached hydrogens (tertiary/aromatic N) is 2. The van der Waals surface area contributed by atoms with Gasteiger partial charge in [0.1, 0.15) is 22.4 Å². The van der Waals surface area contributed by atoms with E-state index in [0.717, 1.165) is 13.0 Å². The van der Waals surface area contributed by atoms with Crippen molar-refractivity contribution in [1.82, 2.24) is 9.97 Å². The molecule has 0 unspecified atom stereocenters. The number of halogens is 2. The van der Waals surface area contributed by atoms with Crippen molar-refractivity contribution in [1.29, 1.82) is 0 Å². The molecule has 0 saturated carbocycles. The van der Waals surface area contributed by atoms with E-state index < -0.39 is 0 Å². The maximum Gasteiger partial charge on any atom is 0.238 e. The van der Waals surface area contributed by atoms with Crippen LogP contribution in [0.2, 0.25) is 5.02 Å². The molecule has 2 rings (SSSR count). The van der Waals surface area contributed by atoms with Crippen LogP contribution in [0, 0.1) is 0 Å². The first-order valence-corrected chi connectivity index (χ1v) is 7.05. The Bertz CT molecular complexity index is 565. The van der Waals surface area contributed by atoms with Crippen LogP contribution in [0.1, 0.15) is 13.3 Å². The summed E-state index contributed by atoms with van der Waals surface area (Å²) in [6.07, 6.45) is 2.48. The van der Waals surface area contributed by atoms with Crippen LogP contribution in [0.15, 0.2) is 35.1 Å². The second-order valence-corrected chi connectivity index (χ2v) is 5.06. The maximum atomic E-state index is 5.91. The van der Waals surface area contributed by atoms with Gasteiger partial charge in [0.25, 0.3) is 0 Å². The number of benzene rings is 1. The fourth-order valence-corrected chi connectivity index (χ4v) is 2.04. The molecule has 19 heavy (non-hydrogen) atoms. The van der Waals surface area contributed by atoms with E-state index in [-0.39, 0.29) is 0 Å². The van der Waals surface area contributed by atoms with Gasteiger partial charge in [-0.1, -0.05) is 24.6 Å². The van der Waals surface area contributed by atoms with Gasteiger partial charge in [-0.05, 0) is 40.5 Å². The van der Waals surface area contributed by atoms with Gasteiger partial charge in [0, 0.05) is 11.6 Å². The molecule has 0 saturated heterocycles. The van der Waals surface area contributed by atoms with Crippen molar-refractivity contribution in [2.75, 3.05) is 11.9 Å². The van der Waals surface area contributed by atoms with E-state index in [0.29, 0.717) is 26.9 Å². The molecule has 6 heteroatoms. The van der Waals surface area contributed by atoms with E-state index in [1.54, 1.807) is 12.1 Å². The Morgan fingerprint density at radius 2 is 2.21 bits per heavy atom. The zero-order valence-electron chi connectivity index (χ0n) is 10.4. The zero-order valence-corrected chi connectivity index (χ0v) is 12.7. The first-order valence-electron chi connectivity index (χ1n) is 5.88. The molecule has 0 aliphatic rings. The molecule has 0 bridgehead atoms. The van der Waals surface area contributed by atoms with Crippen LogP contribution < -0.4 is 10.1 Å². The molecular weight excluding hydrogens is 330 g/mol. The predicted molar refractivity (Wildman–Crippen MR) is 80.0 cm³/mol. The van der Waals surface area contributed by atoms with Crippen molar-refractivity contribution < 1.29 is 4.74 Å². The van der Waals surface area contributed by atoms with Crippen molar-refractivity contribution in [3.63, 3.8) is 0 Å². The van der Waals surface area contributed by atoms with Crippen molar-refractivity contribution in [3.8, 4) is 11.6 Å². The number of hydrogen-bond acceptors (Lipinski definition) is 4. The number of rotatable bonds is 5. The molecule has 1 N–H and O–H groups in total. The second kappa shape index (κ2) is 6.73. The monoisotopic (exact) mass is 341 g/mol. The van der Waals surface area contributed by atoms with Crippen LogP contribution in [-0.4, -0.2) is 16.5 Å². The van der Waals surface area contributed by atoms with Crippen molar-refractivity contribution in [2.45, 2.75) is 13.3 Å². The number of aromatic nitrogens is 2. The Morgan fingerprint density at radius 3 is 2.95 bits per heavy atom. The van der Waals surface area contributed by atoms with E-state index >= 15 is 0 Å². The van der Waals surface area contributed by atoms with Crippen LogP contribution >= 0.6 is 27.5 Å². The van der Waals surface area contributed by atoms with E-state index in [1.807, 2.05) is 12.1 Å². The predicted octanol–water partition coefficient (Wildman–Crippen LogP) is 4.51. The fourth-order valence-electron chi connectivity index (χ4n) is 1.43. The first kappa shape index (κ1) is 14.1. The Kier molecular flexibility index (Phi) is 4.99. The number of anilines is 1. The molecule has 0 fully saturated rings. The van der Waals surface area contributed by atoms with Gasteiger partial charge in [0.2, 0.25) is 5.88 Å². The lowest BCUT2D eigenvalue weighted by atomic mass is 10.3. The SMILES string of the molecule is CCCNc1ncnc(Oc2cccc(Cl)c2)c1Br. The summed E-state index contributed by atoms with van der Waals surface area (Å²) in [6, 6.07) is 7.16. The highest BCUT2D eigenvalue weighted by Crippen LogP contribution is 2.32. The van der Waals surface area contributed by atoms with Crippen molar-refractivity contribution in [3.05, 3.63) is 40.1 Å². The molecule has 0 aliphatic heterocycles. The topological polar surface area (TPSA) is 47.0 Å². The average Bonchev–Trinajstić information content (AvgIpc) is 2.40. The van der Waals surface area contributed by atoms with Crippen LogP contribution in [0.25, 0.3) is 0 Å². The lowest BCUT2D eigenvalue weighted by Gasteiger charge is -2.10. The number of nitrogens with one attached hydrogen (secondary N) is 1. The third-order valence-corrected chi connectivity index (χ3v) is 3.26. The summed E-state index contributed by atoms with van der Waals surface area (Å²) in [7, 11) is 0. The smallest absolute Gasteiger partial charge is 0.238 e. The molecule has 0 aliphatic carbocycles. The van der Waals surface area contributed by atoms with E-state index in [4.69, 9.17) is 16.3 Å². The Labute approximate surface area is 125 Å². The minimum atomic E-state index is 0.455. The van der Waals surface area contributed by atoms with E-state index in [9.17, 15) is 0 Å². The summed E-state index contributed by atoms with van der Waals surface area (Å²) in [6.45, 7) is 2.93. The lowest BCUT2D eigenvalue weighted by molar-refractivity contribution is 0.458. The van der Waals surface area contributed by atoms with E-state index in [1.165, 1.54) is 6.33 Å². The van der Waals surface area contributed by atoms with Gasteiger partial charge >= 0.3 is 0 Å². The molecule has 0 radical (unpaired) electrons. The summed E-state index contributed by atoms with van der Waals surface area (Å²) in [5, 5.41) is 3.81. The van der Waals surface area contributed by atoms with Gasteiger partial charge < -0.3 is 10.1 Å².